The number of rotatable bonds is 4. The number of benzene rings is 3. The van der Waals surface area contributed by atoms with Gasteiger partial charge in [-0.05, 0) is 35.4 Å². The van der Waals surface area contributed by atoms with E-state index in [0.717, 1.165) is 11.1 Å². The number of esters is 1. The highest BCUT2D eigenvalue weighted by Crippen LogP contribution is 2.31. The number of nitro groups is 1. The topological polar surface area (TPSA) is 98.5 Å². The minimum atomic E-state index is -0.524. The van der Waals surface area contributed by atoms with Crippen molar-refractivity contribution in [3.8, 4) is 0 Å². The maximum atomic E-state index is 12.6. The van der Waals surface area contributed by atoms with Crippen LogP contribution in [0, 0.1) is 10.1 Å². The Hall–Kier alpha value is -4.00. The summed E-state index contributed by atoms with van der Waals surface area (Å²) in [6, 6.07) is 19.9. The first-order valence-electron chi connectivity index (χ1n) is 8.96. The van der Waals surface area contributed by atoms with Crippen LogP contribution in [0.3, 0.4) is 0 Å². The average Bonchev–Trinajstić information content (AvgIpc) is 2.74. The number of non-ortho nitro benzene ring substituents is 1. The summed E-state index contributed by atoms with van der Waals surface area (Å²) in [7, 11) is 0. The molecule has 4 rings (SSSR count). The van der Waals surface area contributed by atoms with Crippen LogP contribution < -0.4 is 5.32 Å². The van der Waals surface area contributed by atoms with Gasteiger partial charge < -0.3 is 10.1 Å². The smallest absolute Gasteiger partial charge is 0.339 e. The van der Waals surface area contributed by atoms with Gasteiger partial charge in [0.2, 0.25) is 0 Å². The lowest BCUT2D eigenvalue weighted by Crippen LogP contribution is -2.23. The molecule has 1 aliphatic heterocycles. The molecule has 7 heteroatoms. The molecule has 29 heavy (non-hydrogen) atoms. The van der Waals surface area contributed by atoms with E-state index in [2.05, 4.69) is 5.32 Å². The van der Waals surface area contributed by atoms with Crippen LogP contribution in [-0.4, -0.2) is 16.8 Å². The zero-order chi connectivity index (χ0) is 20.4. The number of anilines is 1. The van der Waals surface area contributed by atoms with E-state index in [0.29, 0.717) is 23.2 Å². The minimum absolute atomic E-state index is 0.110. The molecule has 0 bridgehead atoms. The molecule has 0 spiro atoms. The van der Waals surface area contributed by atoms with Crippen LogP contribution in [0.4, 0.5) is 11.4 Å². The van der Waals surface area contributed by atoms with Crippen LogP contribution in [0.2, 0.25) is 0 Å². The van der Waals surface area contributed by atoms with E-state index < -0.39 is 22.9 Å². The molecule has 1 heterocycles. The van der Waals surface area contributed by atoms with Crippen LogP contribution in [0.15, 0.2) is 72.8 Å². The summed E-state index contributed by atoms with van der Waals surface area (Å²) in [5.74, 6) is -0.839. The fourth-order valence-electron chi connectivity index (χ4n) is 3.29. The number of hydrogen-bond acceptors (Lipinski definition) is 5. The molecule has 7 nitrogen and oxygen atoms in total. The number of carbonyl (C=O) groups is 2. The molecule has 3 aromatic rings. The summed E-state index contributed by atoms with van der Waals surface area (Å²) in [4.78, 5) is 35.3. The van der Waals surface area contributed by atoms with Crippen molar-refractivity contribution >= 4 is 23.3 Å². The van der Waals surface area contributed by atoms with Crippen molar-refractivity contribution in [1.29, 1.82) is 0 Å². The third-order valence-corrected chi connectivity index (χ3v) is 4.73. The second-order valence-corrected chi connectivity index (χ2v) is 6.64. The lowest BCUT2D eigenvalue weighted by molar-refractivity contribution is -0.384. The van der Waals surface area contributed by atoms with Crippen molar-refractivity contribution in [3.63, 3.8) is 0 Å². The SMILES string of the molecule is O=C(Nc1cccc([N+](=O)[O-])c1)c1ccc2c(c1)C[C@@H](c1ccccc1)OC2=O. The van der Waals surface area contributed by atoms with Crippen LogP contribution in [0.1, 0.15) is 37.9 Å². The molecule has 144 valence electrons. The predicted molar refractivity (Wildman–Crippen MR) is 106 cm³/mol. The van der Waals surface area contributed by atoms with Crippen molar-refractivity contribution in [2.24, 2.45) is 0 Å². The number of nitrogens with zero attached hydrogens (tertiary/aromatic N) is 1. The average molecular weight is 388 g/mol. The van der Waals surface area contributed by atoms with E-state index >= 15 is 0 Å². The normalized spacial score (nSPS) is 15.2. The Kier molecular flexibility index (Phi) is 4.78. The molecule has 0 fully saturated rings. The second-order valence-electron chi connectivity index (χ2n) is 6.64. The van der Waals surface area contributed by atoms with Gasteiger partial charge in [-0.15, -0.1) is 0 Å². The summed E-state index contributed by atoms with van der Waals surface area (Å²) in [5, 5.41) is 13.6. The minimum Gasteiger partial charge on any atom is -0.454 e. The maximum Gasteiger partial charge on any atom is 0.339 e. The molecule has 1 amide bonds. The van der Waals surface area contributed by atoms with Gasteiger partial charge in [0, 0.05) is 29.8 Å². The summed E-state index contributed by atoms with van der Waals surface area (Å²) in [5.41, 5.74) is 2.62. The van der Waals surface area contributed by atoms with Crippen molar-refractivity contribution in [3.05, 3.63) is 105 Å². The van der Waals surface area contributed by atoms with Gasteiger partial charge in [-0.25, -0.2) is 4.79 Å². The van der Waals surface area contributed by atoms with Crippen LogP contribution in [-0.2, 0) is 11.2 Å². The van der Waals surface area contributed by atoms with Gasteiger partial charge in [0.15, 0.2) is 0 Å². The zero-order valence-corrected chi connectivity index (χ0v) is 15.2. The Labute approximate surface area is 166 Å². The summed E-state index contributed by atoms with van der Waals surface area (Å²) in [6.45, 7) is 0. The number of ether oxygens (including phenoxy) is 1. The van der Waals surface area contributed by atoms with Gasteiger partial charge in [0.25, 0.3) is 11.6 Å². The Morgan fingerprint density at radius 3 is 2.59 bits per heavy atom. The van der Waals surface area contributed by atoms with Gasteiger partial charge in [-0.3, -0.25) is 14.9 Å². The highest BCUT2D eigenvalue weighted by Gasteiger charge is 2.28. The monoisotopic (exact) mass is 388 g/mol. The van der Waals surface area contributed by atoms with E-state index in [1.165, 1.54) is 24.3 Å². The first kappa shape index (κ1) is 18.4. The summed E-state index contributed by atoms with van der Waals surface area (Å²) in [6.07, 6.45) is 0.0505. The third kappa shape index (κ3) is 3.84. The van der Waals surface area contributed by atoms with E-state index in [1.54, 1.807) is 18.2 Å². The molecule has 3 aromatic carbocycles. The Morgan fingerprint density at radius 2 is 1.83 bits per heavy atom. The molecule has 1 atom stereocenters. The van der Waals surface area contributed by atoms with Crippen molar-refractivity contribution in [2.75, 3.05) is 5.32 Å². The van der Waals surface area contributed by atoms with Gasteiger partial charge in [-0.2, -0.15) is 0 Å². The Morgan fingerprint density at radius 1 is 1.03 bits per heavy atom. The van der Waals surface area contributed by atoms with E-state index in [4.69, 9.17) is 4.74 Å². The summed E-state index contributed by atoms with van der Waals surface area (Å²) < 4.78 is 5.53. The molecular formula is C22H16N2O5. The lowest BCUT2D eigenvalue weighted by atomic mass is 9.93. The molecule has 0 saturated carbocycles. The Bertz CT molecular complexity index is 1110. The van der Waals surface area contributed by atoms with Gasteiger partial charge in [0.1, 0.15) is 6.10 Å². The number of cyclic esters (lactones) is 1. The second kappa shape index (κ2) is 7.55. The third-order valence-electron chi connectivity index (χ3n) is 4.73. The van der Waals surface area contributed by atoms with E-state index in [9.17, 15) is 19.7 Å². The van der Waals surface area contributed by atoms with Crippen LogP contribution >= 0.6 is 0 Å². The molecular weight excluding hydrogens is 372 g/mol. The number of amides is 1. The zero-order valence-electron chi connectivity index (χ0n) is 15.2. The van der Waals surface area contributed by atoms with E-state index in [-0.39, 0.29) is 5.69 Å². The van der Waals surface area contributed by atoms with Crippen molar-refractivity contribution < 1.29 is 19.2 Å². The number of hydrogen-bond donors (Lipinski definition) is 1. The molecule has 1 N–H and O–H groups in total. The highest BCUT2D eigenvalue weighted by atomic mass is 16.6. The van der Waals surface area contributed by atoms with Crippen LogP contribution in [0.25, 0.3) is 0 Å². The molecule has 0 aliphatic carbocycles. The largest absolute Gasteiger partial charge is 0.454 e. The standard InChI is InChI=1S/C22H16N2O5/c25-21(23-17-7-4-8-18(13-17)24(27)28)15-9-10-19-16(11-15)12-20(29-22(19)26)14-5-2-1-3-6-14/h1-11,13,20H,12H2,(H,23,25)/t20-/m0/s1. The van der Waals surface area contributed by atoms with Crippen molar-refractivity contribution in [2.45, 2.75) is 12.5 Å². The number of nitro benzene ring substituents is 1. The highest BCUT2D eigenvalue weighted by molar-refractivity contribution is 6.05. The number of fused-ring (bicyclic) bond motifs is 1. The molecule has 0 unspecified atom stereocenters. The maximum absolute atomic E-state index is 12.6. The van der Waals surface area contributed by atoms with Gasteiger partial charge in [0.05, 0.1) is 10.5 Å². The fraction of sp³-hybridized carbons (Fsp3) is 0.0909. The number of nitrogens with one attached hydrogen (secondary N) is 1. The van der Waals surface area contributed by atoms with Gasteiger partial charge >= 0.3 is 5.97 Å². The quantitative estimate of drug-likeness (QED) is 0.408. The fourth-order valence-corrected chi connectivity index (χ4v) is 3.29. The lowest BCUT2D eigenvalue weighted by Gasteiger charge is -2.25. The first-order chi connectivity index (χ1) is 14.0. The van der Waals surface area contributed by atoms with E-state index in [1.807, 2.05) is 30.3 Å². The van der Waals surface area contributed by atoms with Crippen LogP contribution in [0.5, 0.6) is 0 Å². The predicted octanol–water partition coefficient (Wildman–Crippen LogP) is 4.30. The van der Waals surface area contributed by atoms with Crippen molar-refractivity contribution in [1.82, 2.24) is 0 Å². The first-order valence-corrected chi connectivity index (χ1v) is 8.96. The summed E-state index contributed by atoms with van der Waals surface area (Å²) >= 11 is 0. The molecule has 0 aromatic heterocycles. The molecule has 0 saturated heterocycles. The molecule has 1 aliphatic rings. The van der Waals surface area contributed by atoms with Gasteiger partial charge in [-0.1, -0.05) is 36.4 Å². The number of carbonyl (C=O) groups excluding carboxylic acids is 2. The Balaban J connectivity index is 1.58. The molecule has 0 radical (unpaired) electrons.